The van der Waals surface area contributed by atoms with Crippen molar-refractivity contribution in [3.8, 4) is 18.2 Å². The minimum absolute atomic E-state index is 0.0543. The molecule has 0 aromatic carbocycles. The Bertz CT molecular complexity index is 383. The lowest BCUT2D eigenvalue weighted by molar-refractivity contribution is 0.513. The number of hydrogen-bond donors (Lipinski definition) is 0. The summed E-state index contributed by atoms with van der Waals surface area (Å²) in [5.41, 5.74) is 0. The van der Waals surface area contributed by atoms with Gasteiger partial charge in [0.25, 0.3) is 0 Å². The second-order valence-electron chi connectivity index (χ2n) is 6.83. The van der Waals surface area contributed by atoms with Crippen molar-refractivity contribution in [3.63, 3.8) is 0 Å². The lowest BCUT2D eigenvalue weighted by atomic mass is 9.99. The summed E-state index contributed by atoms with van der Waals surface area (Å²) in [6, 6.07) is 6.51. The molecule has 0 heterocycles. The number of nitrogens with zero attached hydrogens (tertiary/aromatic N) is 3. The molecule has 134 valence electrons. The second-order valence-corrected chi connectivity index (χ2v) is 6.83. The standard InChI is InChI=1S/C21H35N3/c22-18-15-13-11-9-7-5-3-1-2-4-6-8-10-12-14-16-21(20-24)17-19-23/h21H,1-17H2. The van der Waals surface area contributed by atoms with Crippen LogP contribution in [0.2, 0.25) is 0 Å². The molecule has 0 N–H and O–H groups in total. The quantitative estimate of drug-likeness (QED) is 0.275. The van der Waals surface area contributed by atoms with E-state index >= 15 is 0 Å². The minimum atomic E-state index is -0.0543. The molecule has 3 heteroatoms. The Morgan fingerprint density at radius 1 is 0.500 bits per heavy atom. The summed E-state index contributed by atoms with van der Waals surface area (Å²) in [6.45, 7) is 0. The zero-order chi connectivity index (χ0) is 17.7. The Balaban J connectivity index is 3.12. The molecular weight excluding hydrogens is 294 g/mol. The molecule has 1 atom stereocenters. The first-order chi connectivity index (χ1) is 11.8. The van der Waals surface area contributed by atoms with Crippen molar-refractivity contribution < 1.29 is 0 Å². The molecule has 0 aromatic rings. The molecule has 0 saturated carbocycles. The summed E-state index contributed by atoms with van der Waals surface area (Å²) >= 11 is 0. The second kappa shape index (κ2) is 19.5. The maximum absolute atomic E-state index is 8.87. The molecule has 0 spiro atoms. The van der Waals surface area contributed by atoms with E-state index in [0.29, 0.717) is 6.42 Å². The summed E-state index contributed by atoms with van der Waals surface area (Å²) in [6.07, 6.45) is 20.0. The van der Waals surface area contributed by atoms with E-state index in [1.165, 1.54) is 77.0 Å². The highest BCUT2D eigenvalue weighted by molar-refractivity contribution is 4.89. The van der Waals surface area contributed by atoms with Gasteiger partial charge in [0.05, 0.1) is 30.5 Å². The lowest BCUT2D eigenvalue weighted by Crippen LogP contribution is -1.95. The molecule has 24 heavy (non-hydrogen) atoms. The van der Waals surface area contributed by atoms with Crippen LogP contribution < -0.4 is 0 Å². The van der Waals surface area contributed by atoms with Gasteiger partial charge in [-0.05, 0) is 12.8 Å². The SMILES string of the molecule is N#CCCCCCCCCCCCCCCCCC(C#N)CC#N. The highest BCUT2D eigenvalue weighted by Crippen LogP contribution is 2.16. The smallest absolute Gasteiger partial charge is 0.0666 e. The number of rotatable bonds is 17. The van der Waals surface area contributed by atoms with Gasteiger partial charge in [-0.25, -0.2) is 0 Å². The van der Waals surface area contributed by atoms with Gasteiger partial charge in [0, 0.05) is 6.42 Å². The molecule has 1 unspecified atom stereocenters. The third-order valence-electron chi connectivity index (χ3n) is 4.61. The molecule has 0 aliphatic carbocycles. The molecule has 0 rings (SSSR count). The van der Waals surface area contributed by atoms with Gasteiger partial charge in [0.1, 0.15) is 0 Å². The van der Waals surface area contributed by atoms with E-state index in [1.54, 1.807) is 0 Å². The molecule has 0 radical (unpaired) electrons. The van der Waals surface area contributed by atoms with Crippen LogP contribution in [0.15, 0.2) is 0 Å². The van der Waals surface area contributed by atoms with E-state index in [9.17, 15) is 0 Å². The Morgan fingerprint density at radius 3 is 1.29 bits per heavy atom. The summed E-state index contributed by atoms with van der Waals surface area (Å²) in [7, 11) is 0. The van der Waals surface area contributed by atoms with E-state index in [0.717, 1.165) is 25.7 Å². The van der Waals surface area contributed by atoms with Crippen LogP contribution in [0.3, 0.4) is 0 Å². The monoisotopic (exact) mass is 329 g/mol. The van der Waals surface area contributed by atoms with Gasteiger partial charge >= 0.3 is 0 Å². The molecule has 0 aliphatic heterocycles. The fraction of sp³-hybridized carbons (Fsp3) is 0.857. The first-order valence-electron chi connectivity index (χ1n) is 9.98. The maximum Gasteiger partial charge on any atom is 0.0666 e. The van der Waals surface area contributed by atoms with Crippen LogP contribution in [-0.4, -0.2) is 0 Å². The van der Waals surface area contributed by atoms with Gasteiger partial charge in [-0.15, -0.1) is 0 Å². The van der Waals surface area contributed by atoms with E-state index in [2.05, 4.69) is 18.2 Å². The van der Waals surface area contributed by atoms with Gasteiger partial charge in [-0.3, -0.25) is 0 Å². The molecular formula is C21H35N3. The number of hydrogen-bond acceptors (Lipinski definition) is 3. The summed E-state index contributed by atoms with van der Waals surface area (Å²) in [5, 5.41) is 25.9. The summed E-state index contributed by atoms with van der Waals surface area (Å²) in [5.74, 6) is -0.0543. The van der Waals surface area contributed by atoms with Crippen LogP contribution in [0.5, 0.6) is 0 Å². The zero-order valence-corrected chi connectivity index (χ0v) is 15.4. The third kappa shape index (κ3) is 16.8. The van der Waals surface area contributed by atoms with Crippen molar-refractivity contribution in [2.24, 2.45) is 5.92 Å². The van der Waals surface area contributed by atoms with Crippen LogP contribution >= 0.6 is 0 Å². The predicted octanol–water partition coefficient (Wildman–Crippen LogP) is 6.81. The van der Waals surface area contributed by atoms with E-state index in [-0.39, 0.29) is 5.92 Å². The Kier molecular flexibility index (Phi) is 18.3. The van der Waals surface area contributed by atoms with Crippen molar-refractivity contribution >= 4 is 0 Å². The fourth-order valence-electron chi connectivity index (χ4n) is 3.04. The van der Waals surface area contributed by atoms with Gasteiger partial charge in [-0.2, -0.15) is 15.8 Å². The van der Waals surface area contributed by atoms with Crippen molar-refractivity contribution in [3.05, 3.63) is 0 Å². The van der Waals surface area contributed by atoms with Crippen LogP contribution in [0.4, 0.5) is 0 Å². The Morgan fingerprint density at radius 2 is 0.917 bits per heavy atom. The zero-order valence-electron chi connectivity index (χ0n) is 15.4. The van der Waals surface area contributed by atoms with E-state index in [4.69, 9.17) is 15.8 Å². The van der Waals surface area contributed by atoms with Gasteiger partial charge in [0.15, 0.2) is 0 Å². The molecule has 0 fully saturated rings. The Labute approximate surface area is 149 Å². The summed E-state index contributed by atoms with van der Waals surface area (Å²) < 4.78 is 0. The third-order valence-corrected chi connectivity index (χ3v) is 4.61. The van der Waals surface area contributed by atoms with Gasteiger partial charge < -0.3 is 0 Å². The van der Waals surface area contributed by atoms with E-state index < -0.39 is 0 Å². The average molecular weight is 330 g/mol. The normalized spacial score (nSPS) is 11.4. The lowest BCUT2D eigenvalue weighted by Gasteiger charge is -2.05. The minimum Gasteiger partial charge on any atom is -0.198 e. The van der Waals surface area contributed by atoms with Crippen molar-refractivity contribution in [1.29, 1.82) is 15.8 Å². The summed E-state index contributed by atoms with van der Waals surface area (Å²) in [4.78, 5) is 0. The molecule has 0 bridgehead atoms. The number of nitriles is 3. The number of unbranched alkanes of at least 4 members (excludes halogenated alkanes) is 14. The largest absolute Gasteiger partial charge is 0.198 e. The van der Waals surface area contributed by atoms with Crippen LogP contribution in [0.1, 0.15) is 109 Å². The van der Waals surface area contributed by atoms with Gasteiger partial charge in [-0.1, -0.05) is 83.5 Å². The first-order valence-corrected chi connectivity index (χ1v) is 9.98. The van der Waals surface area contributed by atoms with Crippen molar-refractivity contribution in [2.75, 3.05) is 0 Å². The van der Waals surface area contributed by atoms with Crippen LogP contribution in [0.25, 0.3) is 0 Å². The molecule has 3 nitrogen and oxygen atoms in total. The predicted molar refractivity (Wildman–Crippen MR) is 98.8 cm³/mol. The highest BCUT2D eigenvalue weighted by atomic mass is 14.3. The van der Waals surface area contributed by atoms with Crippen molar-refractivity contribution in [1.82, 2.24) is 0 Å². The maximum atomic E-state index is 8.87. The Hall–Kier alpha value is -1.53. The van der Waals surface area contributed by atoms with Gasteiger partial charge in [0.2, 0.25) is 0 Å². The van der Waals surface area contributed by atoms with Crippen LogP contribution in [-0.2, 0) is 0 Å². The first kappa shape index (κ1) is 22.5. The molecule has 0 amide bonds. The fourth-order valence-corrected chi connectivity index (χ4v) is 3.04. The topological polar surface area (TPSA) is 71.4 Å². The van der Waals surface area contributed by atoms with E-state index in [1.807, 2.05) is 0 Å². The molecule has 0 saturated heterocycles. The average Bonchev–Trinajstić information content (AvgIpc) is 2.60. The van der Waals surface area contributed by atoms with Crippen molar-refractivity contribution in [2.45, 2.75) is 109 Å². The van der Waals surface area contributed by atoms with Crippen LogP contribution in [0, 0.1) is 39.9 Å². The molecule has 0 aromatic heterocycles. The molecule has 0 aliphatic rings. The highest BCUT2D eigenvalue weighted by Gasteiger charge is 2.05.